The Balaban J connectivity index is 2.09. The minimum absolute atomic E-state index is 0.156. The number of anilines is 2. The summed E-state index contributed by atoms with van der Waals surface area (Å²) in [4.78, 5) is 14.0. The summed E-state index contributed by atoms with van der Waals surface area (Å²) < 4.78 is 5.36. The fraction of sp³-hybridized carbons (Fsp3) is 0.154. The number of halogens is 1. The van der Waals surface area contributed by atoms with Crippen molar-refractivity contribution in [2.24, 2.45) is 5.73 Å². The van der Waals surface area contributed by atoms with Crippen molar-refractivity contribution in [1.82, 2.24) is 4.98 Å². The third-order valence-corrected chi connectivity index (χ3v) is 2.83. The van der Waals surface area contributed by atoms with Gasteiger partial charge in [0.05, 0.1) is 9.95 Å². The van der Waals surface area contributed by atoms with E-state index in [2.05, 4.69) is 10.3 Å². The summed E-state index contributed by atoms with van der Waals surface area (Å²) in [7, 11) is 0. The highest BCUT2D eigenvalue weighted by Crippen LogP contribution is 2.27. The van der Waals surface area contributed by atoms with Crippen molar-refractivity contribution in [1.29, 1.82) is 0 Å². The molecule has 0 spiro atoms. The van der Waals surface area contributed by atoms with E-state index in [9.17, 15) is 10.1 Å². The van der Waals surface area contributed by atoms with Crippen molar-refractivity contribution < 1.29 is 9.66 Å². The molecule has 0 aliphatic rings. The second kappa shape index (κ2) is 6.87. The Kier molecular flexibility index (Phi) is 4.91. The first kappa shape index (κ1) is 15.0. The number of pyridine rings is 1. The number of benzene rings is 1. The van der Waals surface area contributed by atoms with Crippen molar-refractivity contribution in [3.63, 3.8) is 0 Å². The molecular formula is C13H13ClN4O3. The first-order chi connectivity index (χ1) is 10.1. The topological polar surface area (TPSA) is 103 Å². The van der Waals surface area contributed by atoms with Gasteiger partial charge in [0, 0.05) is 18.3 Å². The highest BCUT2D eigenvalue weighted by molar-refractivity contribution is 6.33. The van der Waals surface area contributed by atoms with Gasteiger partial charge in [-0.15, -0.1) is 0 Å². The van der Waals surface area contributed by atoms with Crippen molar-refractivity contribution in [3.05, 3.63) is 51.7 Å². The van der Waals surface area contributed by atoms with E-state index in [4.69, 9.17) is 22.1 Å². The molecule has 0 aliphatic heterocycles. The molecule has 0 saturated heterocycles. The molecule has 110 valence electrons. The summed E-state index contributed by atoms with van der Waals surface area (Å²) in [6, 6.07) is 8.36. The third-order valence-electron chi connectivity index (χ3n) is 2.54. The molecule has 0 amide bonds. The van der Waals surface area contributed by atoms with E-state index in [1.807, 2.05) is 0 Å². The number of ether oxygens (including phenoxy) is 1. The highest BCUT2D eigenvalue weighted by atomic mass is 35.5. The van der Waals surface area contributed by atoms with E-state index in [1.54, 1.807) is 24.3 Å². The Morgan fingerprint density at radius 3 is 2.67 bits per heavy atom. The van der Waals surface area contributed by atoms with Crippen LogP contribution in [0.5, 0.6) is 5.75 Å². The molecule has 0 radical (unpaired) electrons. The van der Waals surface area contributed by atoms with Gasteiger partial charge in [0.15, 0.2) is 0 Å². The van der Waals surface area contributed by atoms with Gasteiger partial charge in [0.25, 0.3) is 5.69 Å². The molecule has 3 N–H and O–H groups in total. The number of nitrogens with one attached hydrogen (secondary N) is 1. The lowest BCUT2D eigenvalue weighted by Crippen LogP contribution is -2.10. The molecular weight excluding hydrogens is 296 g/mol. The lowest BCUT2D eigenvalue weighted by molar-refractivity contribution is -0.385. The molecule has 1 aromatic heterocycles. The molecule has 21 heavy (non-hydrogen) atoms. The minimum atomic E-state index is -0.549. The van der Waals surface area contributed by atoms with E-state index in [1.165, 1.54) is 6.07 Å². The average Bonchev–Trinajstić information content (AvgIpc) is 2.48. The molecule has 0 aliphatic carbocycles. The minimum Gasteiger partial charge on any atom is -0.492 e. The first-order valence-corrected chi connectivity index (χ1v) is 6.48. The Morgan fingerprint density at radius 1 is 1.38 bits per heavy atom. The van der Waals surface area contributed by atoms with Crippen LogP contribution in [0.25, 0.3) is 0 Å². The van der Waals surface area contributed by atoms with Crippen LogP contribution in [-0.2, 0) is 0 Å². The number of hydrogen-bond donors (Lipinski definition) is 2. The van der Waals surface area contributed by atoms with Crippen molar-refractivity contribution in [2.45, 2.75) is 0 Å². The monoisotopic (exact) mass is 308 g/mol. The first-order valence-electron chi connectivity index (χ1n) is 6.10. The van der Waals surface area contributed by atoms with Crippen LogP contribution in [0.4, 0.5) is 17.2 Å². The Labute approximate surface area is 125 Å². The van der Waals surface area contributed by atoms with Crippen LogP contribution < -0.4 is 15.8 Å². The van der Waals surface area contributed by atoms with Gasteiger partial charge >= 0.3 is 0 Å². The van der Waals surface area contributed by atoms with Gasteiger partial charge in [0.2, 0.25) is 0 Å². The third kappa shape index (κ3) is 4.04. The SMILES string of the molecule is NCCOc1ccc(Nc2ncc([N+](=O)[O-])cc2Cl)cc1. The van der Waals surface area contributed by atoms with E-state index < -0.39 is 4.92 Å². The van der Waals surface area contributed by atoms with Crippen molar-refractivity contribution >= 4 is 28.8 Å². The van der Waals surface area contributed by atoms with Crippen molar-refractivity contribution in [3.8, 4) is 5.75 Å². The van der Waals surface area contributed by atoms with Gasteiger partial charge < -0.3 is 15.8 Å². The Bertz CT molecular complexity index is 634. The second-order valence-electron chi connectivity index (χ2n) is 4.07. The van der Waals surface area contributed by atoms with Crippen LogP contribution in [-0.4, -0.2) is 23.1 Å². The highest BCUT2D eigenvalue weighted by Gasteiger charge is 2.11. The number of nitrogens with zero attached hydrogens (tertiary/aromatic N) is 2. The fourth-order valence-electron chi connectivity index (χ4n) is 1.57. The Hall–Kier alpha value is -2.38. The van der Waals surface area contributed by atoms with Gasteiger partial charge in [-0.2, -0.15) is 0 Å². The molecule has 0 atom stereocenters. The number of hydrogen-bond acceptors (Lipinski definition) is 6. The zero-order valence-corrected chi connectivity index (χ0v) is 11.7. The lowest BCUT2D eigenvalue weighted by atomic mass is 10.3. The smallest absolute Gasteiger partial charge is 0.289 e. The molecule has 0 bridgehead atoms. The maximum absolute atomic E-state index is 10.6. The van der Waals surface area contributed by atoms with E-state index in [0.29, 0.717) is 24.7 Å². The molecule has 0 unspecified atom stereocenters. The maximum Gasteiger partial charge on any atom is 0.289 e. The van der Waals surface area contributed by atoms with Crippen LogP contribution in [0.15, 0.2) is 36.5 Å². The molecule has 0 saturated carbocycles. The van der Waals surface area contributed by atoms with Gasteiger partial charge in [-0.3, -0.25) is 10.1 Å². The molecule has 1 heterocycles. The van der Waals surface area contributed by atoms with E-state index in [-0.39, 0.29) is 10.7 Å². The predicted molar refractivity (Wildman–Crippen MR) is 80.2 cm³/mol. The maximum atomic E-state index is 10.6. The summed E-state index contributed by atoms with van der Waals surface area (Å²) >= 11 is 5.96. The molecule has 2 aromatic rings. The van der Waals surface area contributed by atoms with Gasteiger partial charge in [0.1, 0.15) is 24.4 Å². The number of rotatable bonds is 6. The normalized spacial score (nSPS) is 10.2. The quantitative estimate of drug-likeness (QED) is 0.628. The summed E-state index contributed by atoms with van der Waals surface area (Å²) in [5, 5.41) is 13.8. The standard InChI is InChI=1S/C13H13ClN4O3/c14-12-7-10(18(19)20)8-16-13(12)17-9-1-3-11(4-2-9)21-6-5-15/h1-4,7-8H,5-6,15H2,(H,16,17). The van der Waals surface area contributed by atoms with E-state index >= 15 is 0 Å². The molecule has 0 fully saturated rings. The largest absolute Gasteiger partial charge is 0.492 e. The Morgan fingerprint density at radius 2 is 2.10 bits per heavy atom. The summed E-state index contributed by atoms with van der Waals surface area (Å²) in [6.07, 6.45) is 1.15. The average molecular weight is 309 g/mol. The predicted octanol–water partition coefficient (Wildman–Crippen LogP) is 2.72. The van der Waals surface area contributed by atoms with Crippen LogP contribution in [0.1, 0.15) is 0 Å². The molecule has 7 nitrogen and oxygen atoms in total. The van der Waals surface area contributed by atoms with Crippen LogP contribution in [0.3, 0.4) is 0 Å². The molecule has 1 aromatic carbocycles. The number of nitro groups is 1. The number of nitrogens with two attached hydrogens (primary N) is 1. The van der Waals surface area contributed by atoms with Crippen molar-refractivity contribution in [2.75, 3.05) is 18.5 Å². The second-order valence-corrected chi connectivity index (χ2v) is 4.47. The zero-order valence-electron chi connectivity index (χ0n) is 11.0. The number of aromatic nitrogens is 1. The molecule has 2 rings (SSSR count). The zero-order chi connectivity index (χ0) is 15.2. The molecule has 8 heteroatoms. The van der Waals surface area contributed by atoms with Crippen LogP contribution in [0.2, 0.25) is 5.02 Å². The summed E-state index contributed by atoms with van der Waals surface area (Å²) in [5.74, 6) is 1.05. The van der Waals surface area contributed by atoms with Crippen LogP contribution in [0, 0.1) is 10.1 Å². The van der Waals surface area contributed by atoms with Crippen LogP contribution >= 0.6 is 11.6 Å². The lowest BCUT2D eigenvalue weighted by Gasteiger charge is -2.09. The van der Waals surface area contributed by atoms with Gasteiger partial charge in [-0.25, -0.2) is 4.98 Å². The van der Waals surface area contributed by atoms with E-state index in [0.717, 1.165) is 11.9 Å². The summed E-state index contributed by atoms with van der Waals surface area (Å²) in [6.45, 7) is 0.894. The van der Waals surface area contributed by atoms with Gasteiger partial charge in [-0.1, -0.05) is 11.6 Å². The fourth-order valence-corrected chi connectivity index (χ4v) is 1.78. The summed E-state index contributed by atoms with van der Waals surface area (Å²) in [5.41, 5.74) is 5.93. The van der Waals surface area contributed by atoms with Gasteiger partial charge in [-0.05, 0) is 24.3 Å².